The molecule has 7 nitrogen and oxygen atoms in total. The fourth-order valence-electron chi connectivity index (χ4n) is 2.33. The van der Waals surface area contributed by atoms with E-state index in [1.807, 2.05) is 13.0 Å². The van der Waals surface area contributed by atoms with Crippen LogP contribution in [0.25, 0.3) is 0 Å². The molecule has 24 heavy (non-hydrogen) atoms. The van der Waals surface area contributed by atoms with Crippen LogP contribution in [0.5, 0.6) is 11.5 Å². The van der Waals surface area contributed by atoms with E-state index in [2.05, 4.69) is 10.0 Å². The van der Waals surface area contributed by atoms with Gasteiger partial charge < -0.3 is 14.8 Å². The van der Waals surface area contributed by atoms with Gasteiger partial charge in [-0.3, -0.25) is 9.52 Å². The molecular weight excluding hydrogens is 332 g/mol. The van der Waals surface area contributed by atoms with Crippen LogP contribution in [-0.2, 0) is 14.8 Å². The average molecular weight is 348 g/mol. The molecule has 0 saturated carbocycles. The zero-order chi connectivity index (χ0) is 17.3. The monoisotopic (exact) mass is 348 g/mol. The minimum Gasteiger partial charge on any atom is -0.495 e. The largest absolute Gasteiger partial charge is 0.495 e. The summed E-state index contributed by atoms with van der Waals surface area (Å²) in [5.74, 6) is 0.458. The number of carbonyl (C=O) groups excluding carboxylic acids is 1. The van der Waals surface area contributed by atoms with Crippen LogP contribution in [0.2, 0.25) is 0 Å². The normalized spacial score (nSPS) is 13.5. The lowest BCUT2D eigenvalue weighted by Crippen LogP contribution is -2.25. The molecular formula is C16H16N2O5S. The van der Waals surface area contributed by atoms with E-state index in [0.717, 1.165) is 5.56 Å². The van der Waals surface area contributed by atoms with Gasteiger partial charge in [-0.1, -0.05) is 6.07 Å². The van der Waals surface area contributed by atoms with Crippen molar-refractivity contribution in [1.82, 2.24) is 0 Å². The van der Waals surface area contributed by atoms with E-state index in [0.29, 0.717) is 22.9 Å². The number of hydrogen-bond acceptors (Lipinski definition) is 5. The molecule has 8 heteroatoms. The Hall–Kier alpha value is -2.74. The Morgan fingerprint density at radius 1 is 1.21 bits per heavy atom. The van der Waals surface area contributed by atoms with Gasteiger partial charge in [0.05, 0.1) is 23.4 Å². The minimum atomic E-state index is -3.83. The molecule has 0 spiro atoms. The lowest BCUT2D eigenvalue weighted by atomic mass is 10.2. The van der Waals surface area contributed by atoms with Gasteiger partial charge in [-0.05, 0) is 36.8 Å². The summed E-state index contributed by atoms with van der Waals surface area (Å²) in [6.07, 6.45) is 0. The van der Waals surface area contributed by atoms with Gasteiger partial charge in [0.25, 0.3) is 15.9 Å². The van der Waals surface area contributed by atoms with Gasteiger partial charge in [-0.15, -0.1) is 0 Å². The van der Waals surface area contributed by atoms with Crippen molar-refractivity contribution in [2.75, 3.05) is 23.8 Å². The van der Waals surface area contributed by atoms with Gasteiger partial charge >= 0.3 is 0 Å². The number of aryl methyl sites for hydroxylation is 1. The summed E-state index contributed by atoms with van der Waals surface area (Å²) in [7, 11) is -2.36. The predicted molar refractivity (Wildman–Crippen MR) is 89.1 cm³/mol. The van der Waals surface area contributed by atoms with E-state index in [1.165, 1.54) is 25.3 Å². The Morgan fingerprint density at radius 2 is 2.00 bits per heavy atom. The van der Waals surface area contributed by atoms with Crippen molar-refractivity contribution in [3.63, 3.8) is 0 Å². The number of sulfonamides is 1. The van der Waals surface area contributed by atoms with E-state index in [9.17, 15) is 13.2 Å². The first-order chi connectivity index (χ1) is 11.4. The Labute approximate surface area is 139 Å². The average Bonchev–Trinajstić information content (AvgIpc) is 2.54. The van der Waals surface area contributed by atoms with Gasteiger partial charge in [0.1, 0.15) is 11.5 Å². The molecule has 1 aliphatic heterocycles. The first-order valence-corrected chi connectivity index (χ1v) is 8.61. The predicted octanol–water partition coefficient (Wildman–Crippen LogP) is 2.14. The maximum atomic E-state index is 12.6. The Balaban J connectivity index is 1.94. The van der Waals surface area contributed by atoms with Crippen LogP contribution in [0, 0.1) is 6.92 Å². The van der Waals surface area contributed by atoms with Gasteiger partial charge in [0.15, 0.2) is 6.61 Å². The zero-order valence-corrected chi connectivity index (χ0v) is 13.9. The highest BCUT2D eigenvalue weighted by Gasteiger charge is 2.22. The van der Waals surface area contributed by atoms with Crippen molar-refractivity contribution in [1.29, 1.82) is 0 Å². The van der Waals surface area contributed by atoms with Crippen molar-refractivity contribution in [2.24, 2.45) is 0 Å². The van der Waals surface area contributed by atoms with E-state index in [-0.39, 0.29) is 17.4 Å². The molecule has 2 N–H and O–H groups in total. The SMILES string of the molecule is COc1ccc(C)cc1NS(=O)(=O)c1ccc2c(c1)OCC(=O)N2. The molecule has 0 bridgehead atoms. The number of anilines is 2. The second-order valence-corrected chi connectivity index (χ2v) is 6.99. The van der Waals surface area contributed by atoms with Crippen molar-refractivity contribution in [3.8, 4) is 11.5 Å². The molecule has 3 rings (SSSR count). The van der Waals surface area contributed by atoms with Gasteiger partial charge in [0, 0.05) is 6.07 Å². The summed E-state index contributed by atoms with van der Waals surface area (Å²) < 4.78 is 38.2. The van der Waals surface area contributed by atoms with Gasteiger partial charge in [-0.25, -0.2) is 8.42 Å². The highest BCUT2D eigenvalue weighted by Crippen LogP contribution is 2.32. The second kappa shape index (κ2) is 6.04. The number of ether oxygens (including phenoxy) is 2. The molecule has 1 heterocycles. The minimum absolute atomic E-state index is 0.0287. The van der Waals surface area contributed by atoms with Crippen molar-refractivity contribution >= 4 is 27.3 Å². The van der Waals surface area contributed by atoms with E-state index in [1.54, 1.807) is 12.1 Å². The fraction of sp³-hybridized carbons (Fsp3) is 0.188. The van der Waals surface area contributed by atoms with E-state index >= 15 is 0 Å². The standard InChI is InChI=1S/C16H16N2O5S/c1-10-3-6-14(22-2)13(7-10)18-24(20,21)11-4-5-12-15(8-11)23-9-16(19)17-12/h3-8,18H,9H2,1-2H3,(H,17,19). The second-order valence-electron chi connectivity index (χ2n) is 5.30. The van der Waals surface area contributed by atoms with Gasteiger partial charge in [-0.2, -0.15) is 0 Å². The van der Waals surface area contributed by atoms with E-state index in [4.69, 9.17) is 9.47 Å². The summed E-state index contributed by atoms with van der Waals surface area (Å²) in [5, 5.41) is 2.61. The number of carbonyl (C=O) groups is 1. The summed E-state index contributed by atoms with van der Waals surface area (Å²) >= 11 is 0. The van der Waals surface area contributed by atoms with Crippen molar-refractivity contribution in [3.05, 3.63) is 42.0 Å². The molecule has 0 fully saturated rings. The highest BCUT2D eigenvalue weighted by molar-refractivity contribution is 7.92. The molecule has 126 valence electrons. The summed E-state index contributed by atoms with van der Waals surface area (Å²) in [6, 6.07) is 9.47. The molecule has 0 radical (unpaired) electrons. The molecule has 1 amide bonds. The molecule has 0 unspecified atom stereocenters. The van der Waals surface area contributed by atoms with Crippen LogP contribution >= 0.6 is 0 Å². The van der Waals surface area contributed by atoms with Gasteiger partial charge in [0.2, 0.25) is 0 Å². The maximum Gasteiger partial charge on any atom is 0.262 e. The van der Waals surface area contributed by atoms with Crippen molar-refractivity contribution in [2.45, 2.75) is 11.8 Å². The molecule has 2 aromatic carbocycles. The van der Waals surface area contributed by atoms with Crippen LogP contribution < -0.4 is 19.5 Å². The fourth-order valence-corrected chi connectivity index (χ4v) is 3.40. The van der Waals surface area contributed by atoms with Crippen molar-refractivity contribution < 1.29 is 22.7 Å². The van der Waals surface area contributed by atoms with Crippen LogP contribution in [0.1, 0.15) is 5.56 Å². The summed E-state index contributed by atoms with van der Waals surface area (Å²) in [6.45, 7) is 1.71. The summed E-state index contributed by atoms with van der Waals surface area (Å²) in [4.78, 5) is 11.3. The highest BCUT2D eigenvalue weighted by atomic mass is 32.2. The first-order valence-electron chi connectivity index (χ1n) is 7.13. The third-order valence-electron chi connectivity index (χ3n) is 3.50. The number of fused-ring (bicyclic) bond motifs is 1. The van der Waals surface area contributed by atoms with Crippen LogP contribution in [0.3, 0.4) is 0 Å². The lowest BCUT2D eigenvalue weighted by Gasteiger charge is -2.19. The Bertz CT molecular complexity index is 909. The van der Waals surface area contributed by atoms with Crippen LogP contribution in [-0.4, -0.2) is 28.0 Å². The zero-order valence-electron chi connectivity index (χ0n) is 13.1. The quantitative estimate of drug-likeness (QED) is 0.883. The first kappa shape index (κ1) is 16.1. The van der Waals surface area contributed by atoms with E-state index < -0.39 is 10.0 Å². The maximum absolute atomic E-state index is 12.6. The third kappa shape index (κ3) is 3.13. The number of rotatable bonds is 4. The number of amides is 1. The Morgan fingerprint density at radius 3 is 2.75 bits per heavy atom. The topological polar surface area (TPSA) is 93.7 Å². The molecule has 0 saturated heterocycles. The smallest absolute Gasteiger partial charge is 0.262 e. The summed E-state index contributed by atoms with van der Waals surface area (Å²) in [5.41, 5.74) is 1.69. The molecule has 0 atom stereocenters. The number of methoxy groups -OCH3 is 1. The molecule has 2 aromatic rings. The number of benzene rings is 2. The third-order valence-corrected chi connectivity index (χ3v) is 4.86. The molecule has 1 aliphatic rings. The number of hydrogen-bond donors (Lipinski definition) is 2. The Kier molecular flexibility index (Phi) is 4.06. The number of nitrogens with one attached hydrogen (secondary N) is 2. The van der Waals surface area contributed by atoms with Crippen LogP contribution in [0.4, 0.5) is 11.4 Å². The lowest BCUT2D eigenvalue weighted by molar-refractivity contribution is -0.118. The van der Waals surface area contributed by atoms with Crippen LogP contribution in [0.15, 0.2) is 41.3 Å². The molecule has 0 aliphatic carbocycles. The molecule has 0 aromatic heterocycles.